The monoisotopic (exact) mass is 499 g/mol. The Morgan fingerprint density at radius 2 is 1.08 bits per heavy atom. The molecule has 0 unspecified atom stereocenters. The van der Waals surface area contributed by atoms with E-state index in [4.69, 9.17) is 4.42 Å². The fraction of sp³-hybridized carbons (Fsp3) is 0. The van der Waals surface area contributed by atoms with E-state index in [0.29, 0.717) is 21.9 Å². The molecule has 2 aromatic heterocycles. The first-order chi connectivity index (χ1) is 18.0. The molecule has 7 rings (SSSR count). The number of para-hydroxylation sites is 3. The molecule has 0 aliphatic rings. The largest absolute Gasteiger partial charge is 0.454 e. The molecule has 7 aromatic rings. The van der Waals surface area contributed by atoms with Crippen molar-refractivity contribution in [2.75, 3.05) is 0 Å². The van der Waals surface area contributed by atoms with Gasteiger partial charge in [-0.3, -0.25) is 0 Å². The summed E-state index contributed by atoms with van der Waals surface area (Å²) in [6, 6.07) is 25.6. The number of fused-ring (bicyclic) bond motifs is 6. The quantitative estimate of drug-likeness (QED) is 0.132. The van der Waals surface area contributed by atoms with Crippen molar-refractivity contribution in [2.24, 2.45) is 0 Å². The van der Waals surface area contributed by atoms with Gasteiger partial charge in [0.2, 0.25) is 5.82 Å². The first kappa shape index (κ1) is 21.6. The molecule has 0 saturated carbocycles. The van der Waals surface area contributed by atoms with E-state index in [0.717, 1.165) is 27.5 Å². The predicted octanol–water partition coefficient (Wildman–Crippen LogP) is 9.05. The Bertz CT molecular complexity index is 1970. The van der Waals surface area contributed by atoms with Crippen molar-refractivity contribution in [1.82, 2.24) is 4.57 Å². The van der Waals surface area contributed by atoms with Gasteiger partial charge in [-0.2, -0.15) is 0 Å². The maximum Gasteiger partial charge on any atom is 0.200 e. The molecule has 0 aliphatic carbocycles. The minimum Gasteiger partial charge on any atom is -0.454 e. The van der Waals surface area contributed by atoms with Crippen molar-refractivity contribution >= 4 is 43.7 Å². The Morgan fingerprint density at radius 1 is 0.514 bits per heavy atom. The highest BCUT2D eigenvalue weighted by molar-refractivity contribution is 6.13. The number of hydrogen-bond acceptors (Lipinski definition) is 1. The van der Waals surface area contributed by atoms with Gasteiger partial charge < -0.3 is 8.98 Å². The molecule has 37 heavy (non-hydrogen) atoms. The Morgan fingerprint density at radius 3 is 1.73 bits per heavy atom. The lowest BCUT2D eigenvalue weighted by molar-refractivity contribution is 0.381. The molecule has 0 spiro atoms. The summed E-state index contributed by atoms with van der Waals surface area (Å²) in [5.41, 5.74) is 2.51. The SMILES string of the molecule is Fc1c(F)c(F)c(-c2ccc3oc4c(-n5c6ccccc6c6ccccc65)cccc4c3c2)c(F)c1F. The Labute approximate surface area is 205 Å². The van der Waals surface area contributed by atoms with Gasteiger partial charge in [-0.05, 0) is 35.9 Å². The average Bonchev–Trinajstić information content (AvgIpc) is 3.47. The van der Waals surface area contributed by atoms with E-state index in [-0.39, 0.29) is 5.56 Å². The van der Waals surface area contributed by atoms with Gasteiger partial charge in [-0.1, -0.05) is 54.6 Å². The average molecular weight is 499 g/mol. The fourth-order valence-corrected chi connectivity index (χ4v) is 5.16. The van der Waals surface area contributed by atoms with Crippen molar-refractivity contribution in [3.63, 3.8) is 0 Å². The molecule has 0 atom stereocenters. The Hall–Kier alpha value is -4.65. The lowest BCUT2D eigenvalue weighted by Crippen LogP contribution is -2.03. The molecule has 2 nitrogen and oxygen atoms in total. The lowest BCUT2D eigenvalue weighted by atomic mass is 10.0. The van der Waals surface area contributed by atoms with Gasteiger partial charge in [0.25, 0.3) is 0 Å². The molecule has 7 heteroatoms. The number of halogens is 5. The molecule has 5 aromatic carbocycles. The fourth-order valence-electron chi connectivity index (χ4n) is 5.16. The van der Waals surface area contributed by atoms with Crippen LogP contribution in [-0.2, 0) is 0 Å². The summed E-state index contributed by atoms with van der Waals surface area (Å²) in [7, 11) is 0. The van der Waals surface area contributed by atoms with Crippen molar-refractivity contribution in [1.29, 1.82) is 0 Å². The molecule has 0 aliphatic heterocycles. The lowest BCUT2D eigenvalue weighted by Gasteiger charge is -2.09. The Kier molecular flexibility index (Phi) is 4.48. The van der Waals surface area contributed by atoms with E-state index in [1.54, 1.807) is 6.07 Å². The first-order valence-electron chi connectivity index (χ1n) is 11.4. The van der Waals surface area contributed by atoms with Crippen LogP contribution in [0.5, 0.6) is 0 Å². The van der Waals surface area contributed by atoms with Crippen LogP contribution in [-0.4, -0.2) is 4.57 Å². The zero-order chi connectivity index (χ0) is 25.4. The van der Waals surface area contributed by atoms with Gasteiger partial charge in [0.1, 0.15) is 5.58 Å². The maximum absolute atomic E-state index is 14.5. The van der Waals surface area contributed by atoms with Gasteiger partial charge in [0, 0.05) is 21.5 Å². The van der Waals surface area contributed by atoms with Crippen molar-refractivity contribution in [2.45, 2.75) is 0 Å². The summed E-state index contributed by atoms with van der Waals surface area (Å²) >= 11 is 0. The standard InChI is InChI=1S/C30H14F5NO/c31-25-24(26(32)28(34)29(35)27(25)33)15-12-13-23-19(14-15)18-8-5-11-22(30(18)37-23)36-20-9-3-1-6-16(20)17-7-2-4-10-21(17)36/h1-14H. The van der Waals surface area contributed by atoms with Crippen molar-refractivity contribution in [3.05, 3.63) is 114 Å². The van der Waals surface area contributed by atoms with E-state index in [2.05, 4.69) is 4.57 Å². The van der Waals surface area contributed by atoms with Crippen LogP contribution in [0.2, 0.25) is 0 Å². The van der Waals surface area contributed by atoms with E-state index in [9.17, 15) is 22.0 Å². The Balaban J connectivity index is 1.53. The molecule has 0 saturated heterocycles. The van der Waals surface area contributed by atoms with Gasteiger partial charge in [-0.25, -0.2) is 22.0 Å². The zero-order valence-corrected chi connectivity index (χ0v) is 18.8. The van der Waals surface area contributed by atoms with Crippen LogP contribution in [0.4, 0.5) is 22.0 Å². The molecule has 0 radical (unpaired) electrons. The molecule has 0 fully saturated rings. The summed E-state index contributed by atoms with van der Waals surface area (Å²) in [5, 5.41) is 3.26. The molecule has 2 heterocycles. The van der Waals surface area contributed by atoms with Crippen LogP contribution < -0.4 is 0 Å². The smallest absolute Gasteiger partial charge is 0.200 e. The second-order valence-corrected chi connectivity index (χ2v) is 8.78. The van der Waals surface area contributed by atoms with Crippen LogP contribution >= 0.6 is 0 Å². The highest BCUT2D eigenvalue weighted by Gasteiger charge is 2.27. The maximum atomic E-state index is 14.5. The number of furan rings is 1. The van der Waals surface area contributed by atoms with Crippen molar-refractivity contribution in [3.8, 4) is 16.8 Å². The van der Waals surface area contributed by atoms with Crippen LogP contribution in [0.15, 0.2) is 89.3 Å². The predicted molar refractivity (Wildman–Crippen MR) is 133 cm³/mol. The van der Waals surface area contributed by atoms with Crippen LogP contribution in [0, 0.1) is 29.1 Å². The summed E-state index contributed by atoms with van der Waals surface area (Å²) in [5.74, 6) is -9.92. The van der Waals surface area contributed by atoms with E-state index in [1.807, 2.05) is 60.7 Å². The molecule has 0 N–H and O–H groups in total. The molecule has 180 valence electrons. The number of nitrogens with zero attached hydrogens (tertiary/aromatic N) is 1. The zero-order valence-electron chi connectivity index (χ0n) is 18.8. The van der Waals surface area contributed by atoms with E-state index in [1.165, 1.54) is 18.2 Å². The summed E-state index contributed by atoms with van der Waals surface area (Å²) < 4.78 is 78.7. The third kappa shape index (κ3) is 2.91. The van der Waals surface area contributed by atoms with Crippen molar-refractivity contribution < 1.29 is 26.4 Å². The van der Waals surface area contributed by atoms with Crippen LogP contribution in [0.25, 0.3) is 60.6 Å². The molecule has 0 bridgehead atoms. The van der Waals surface area contributed by atoms with Gasteiger partial charge in [0.15, 0.2) is 28.9 Å². The second-order valence-electron chi connectivity index (χ2n) is 8.78. The summed E-state index contributed by atoms with van der Waals surface area (Å²) in [4.78, 5) is 0. The number of rotatable bonds is 2. The number of aromatic nitrogens is 1. The summed E-state index contributed by atoms with van der Waals surface area (Å²) in [6.07, 6.45) is 0. The van der Waals surface area contributed by atoms with Crippen LogP contribution in [0.3, 0.4) is 0 Å². The van der Waals surface area contributed by atoms with Gasteiger partial charge in [-0.15, -0.1) is 0 Å². The van der Waals surface area contributed by atoms with Gasteiger partial charge in [0.05, 0.1) is 22.3 Å². The minimum absolute atomic E-state index is 0.148. The van der Waals surface area contributed by atoms with E-state index >= 15 is 0 Å². The van der Waals surface area contributed by atoms with E-state index < -0.39 is 34.6 Å². The highest BCUT2D eigenvalue weighted by Crippen LogP contribution is 2.40. The highest BCUT2D eigenvalue weighted by atomic mass is 19.2. The molecular weight excluding hydrogens is 485 g/mol. The summed E-state index contributed by atoms with van der Waals surface area (Å²) in [6.45, 7) is 0. The number of hydrogen-bond donors (Lipinski definition) is 0. The number of benzene rings is 5. The normalized spacial score (nSPS) is 11.9. The minimum atomic E-state index is -2.19. The third-order valence-electron chi connectivity index (χ3n) is 6.80. The van der Waals surface area contributed by atoms with Crippen LogP contribution in [0.1, 0.15) is 0 Å². The molecule has 0 amide bonds. The topological polar surface area (TPSA) is 18.1 Å². The van der Waals surface area contributed by atoms with Gasteiger partial charge >= 0.3 is 0 Å². The molecular formula is C30H14F5NO. The second kappa shape index (κ2) is 7.67. The third-order valence-corrected chi connectivity index (χ3v) is 6.80. The first-order valence-corrected chi connectivity index (χ1v) is 11.4.